The number of rotatable bonds is 4. The molecule has 1 aromatic heterocycles. The van der Waals surface area contributed by atoms with Gasteiger partial charge in [-0.3, -0.25) is 0 Å². The third kappa shape index (κ3) is 4.30. The maximum atomic E-state index is 14.3. The van der Waals surface area contributed by atoms with Gasteiger partial charge in [-0.2, -0.15) is 0 Å². The predicted octanol–water partition coefficient (Wildman–Crippen LogP) is 10.3. The Bertz CT molecular complexity index is 2070. The van der Waals surface area contributed by atoms with Crippen LogP contribution in [0.3, 0.4) is 0 Å². The van der Waals surface area contributed by atoms with Crippen LogP contribution in [0.25, 0.3) is 66.7 Å². The lowest BCUT2D eigenvalue weighted by molar-refractivity contribution is 0.381. The molecule has 0 amide bonds. The van der Waals surface area contributed by atoms with E-state index in [0.717, 1.165) is 49.7 Å². The molecule has 0 unspecified atom stereocenters. The van der Waals surface area contributed by atoms with E-state index in [0.29, 0.717) is 5.89 Å². The second kappa shape index (κ2) is 9.96. The zero-order chi connectivity index (χ0) is 29.0. The van der Waals surface area contributed by atoms with Crippen molar-refractivity contribution in [3.05, 3.63) is 138 Å². The number of hydrogen-bond acceptors (Lipinski definition) is 2. The topological polar surface area (TPSA) is 26.0 Å². The molecule has 7 aromatic rings. The van der Waals surface area contributed by atoms with Gasteiger partial charge in [0.15, 0.2) is 28.9 Å². The molecule has 1 heterocycles. The molecule has 0 atom stereocenters. The fraction of sp³-hybridized carbons (Fsp3) is 0. The Balaban J connectivity index is 1.15. The monoisotopic (exact) mass is 563 g/mol. The lowest BCUT2D eigenvalue weighted by atomic mass is 9.96. The number of nitrogens with zero attached hydrogens (tertiary/aromatic N) is 1. The molecule has 0 aliphatic rings. The Morgan fingerprint density at radius 2 is 0.881 bits per heavy atom. The Kier molecular flexibility index (Phi) is 6.08. The summed E-state index contributed by atoms with van der Waals surface area (Å²) in [7, 11) is 0. The summed E-state index contributed by atoms with van der Waals surface area (Å²) >= 11 is 0. The highest BCUT2D eigenvalue weighted by atomic mass is 19.2. The van der Waals surface area contributed by atoms with E-state index in [2.05, 4.69) is 11.1 Å². The SMILES string of the molecule is Fc1c(F)c(F)c(-c2ccc(-c3ccc4cc(-c5ccc(-c6nc7ccccc7o6)cc5)ccc4c3)cc2)c(F)c1F. The van der Waals surface area contributed by atoms with Gasteiger partial charge in [0, 0.05) is 5.56 Å². The van der Waals surface area contributed by atoms with Crippen LogP contribution in [0.4, 0.5) is 22.0 Å². The zero-order valence-electron chi connectivity index (χ0n) is 21.6. The molecule has 2 nitrogen and oxygen atoms in total. The standard InChI is InChI=1S/C35H18F5NO/c36-30-29(31(37)33(39)34(40)32(30)38)21-9-5-19(6-10-21)23-13-15-26-18-24(14-16-25(26)17-23)20-7-11-22(12-8-20)35-41-27-3-1-2-4-28(27)42-35/h1-18H. The summed E-state index contributed by atoms with van der Waals surface area (Å²) in [6.45, 7) is 0. The molecule has 0 saturated carbocycles. The third-order valence-corrected chi connectivity index (χ3v) is 7.32. The minimum atomic E-state index is -2.18. The van der Waals surface area contributed by atoms with Gasteiger partial charge in [0.25, 0.3) is 0 Å². The van der Waals surface area contributed by atoms with Gasteiger partial charge < -0.3 is 4.42 Å². The van der Waals surface area contributed by atoms with Gasteiger partial charge in [-0.15, -0.1) is 0 Å². The smallest absolute Gasteiger partial charge is 0.227 e. The molecular weight excluding hydrogens is 545 g/mol. The Morgan fingerprint density at radius 1 is 0.429 bits per heavy atom. The molecule has 7 heteroatoms. The molecule has 204 valence electrons. The Morgan fingerprint density at radius 3 is 1.43 bits per heavy atom. The van der Waals surface area contributed by atoms with Gasteiger partial charge in [0.2, 0.25) is 11.7 Å². The van der Waals surface area contributed by atoms with Crippen molar-refractivity contribution < 1.29 is 26.4 Å². The number of fused-ring (bicyclic) bond motifs is 2. The van der Waals surface area contributed by atoms with Gasteiger partial charge in [-0.05, 0) is 75.0 Å². The molecule has 42 heavy (non-hydrogen) atoms. The first-order valence-electron chi connectivity index (χ1n) is 13.0. The van der Waals surface area contributed by atoms with Crippen LogP contribution in [0, 0.1) is 29.1 Å². The summed E-state index contributed by atoms with van der Waals surface area (Å²) in [5.74, 6) is -9.28. The van der Waals surface area contributed by atoms with Crippen LogP contribution in [-0.2, 0) is 0 Å². The summed E-state index contributed by atoms with van der Waals surface area (Å²) in [6.07, 6.45) is 0. The van der Waals surface area contributed by atoms with Crippen LogP contribution in [-0.4, -0.2) is 4.98 Å². The van der Waals surface area contributed by atoms with Crippen molar-refractivity contribution >= 4 is 21.9 Å². The average molecular weight is 564 g/mol. The average Bonchev–Trinajstić information content (AvgIpc) is 3.47. The van der Waals surface area contributed by atoms with E-state index < -0.39 is 34.6 Å². The van der Waals surface area contributed by atoms with Crippen molar-refractivity contribution in [1.29, 1.82) is 0 Å². The van der Waals surface area contributed by atoms with E-state index >= 15 is 0 Å². The highest BCUT2D eigenvalue weighted by Gasteiger charge is 2.26. The lowest BCUT2D eigenvalue weighted by Crippen LogP contribution is -2.03. The molecule has 0 spiro atoms. The highest BCUT2D eigenvalue weighted by Crippen LogP contribution is 2.34. The molecule has 0 saturated heterocycles. The molecule has 0 bridgehead atoms. The molecule has 0 aliphatic heterocycles. The van der Waals surface area contributed by atoms with Crippen LogP contribution in [0.15, 0.2) is 114 Å². The predicted molar refractivity (Wildman–Crippen MR) is 153 cm³/mol. The number of hydrogen-bond donors (Lipinski definition) is 0. The van der Waals surface area contributed by atoms with Gasteiger partial charge in [-0.1, -0.05) is 72.8 Å². The molecule has 0 N–H and O–H groups in total. The van der Waals surface area contributed by atoms with E-state index in [-0.39, 0.29) is 5.56 Å². The minimum absolute atomic E-state index is 0.112. The van der Waals surface area contributed by atoms with Crippen molar-refractivity contribution in [2.45, 2.75) is 0 Å². The van der Waals surface area contributed by atoms with E-state index in [4.69, 9.17) is 4.42 Å². The summed E-state index contributed by atoms with van der Waals surface area (Å²) in [4.78, 5) is 4.55. The van der Waals surface area contributed by atoms with Crippen molar-refractivity contribution in [1.82, 2.24) is 4.98 Å². The Hall–Kier alpha value is -5.30. The van der Waals surface area contributed by atoms with Gasteiger partial charge in [0.05, 0.1) is 5.56 Å². The number of para-hydroxylation sites is 2. The first-order chi connectivity index (χ1) is 20.4. The second-order valence-corrected chi connectivity index (χ2v) is 9.86. The van der Waals surface area contributed by atoms with Gasteiger partial charge in [0.1, 0.15) is 5.52 Å². The van der Waals surface area contributed by atoms with Crippen molar-refractivity contribution in [3.8, 4) is 44.8 Å². The molecule has 7 rings (SSSR count). The number of benzene rings is 6. The molecule has 6 aromatic carbocycles. The van der Waals surface area contributed by atoms with Crippen LogP contribution in [0.2, 0.25) is 0 Å². The first kappa shape index (κ1) is 25.7. The fourth-order valence-electron chi connectivity index (χ4n) is 5.09. The molecule has 0 fully saturated rings. The molecular formula is C35H18F5NO. The first-order valence-corrected chi connectivity index (χ1v) is 13.0. The van der Waals surface area contributed by atoms with Crippen molar-refractivity contribution in [2.75, 3.05) is 0 Å². The summed E-state index contributed by atoms with van der Waals surface area (Å²) in [5.41, 5.74) is 4.99. The van der Waals surface area contributed by atoms with Crippen LogP contribution < -0.4 is 0 Å². The summed E-state index contributed by atoms with van der Waals surface area (Å²) in [6, 6.07) is 33.4. The maximum Gasteiger partial charge on any atom is 0.227 e. The molecule has 0 radical (unpaired) electrons. The van der Waals surface area contributed by atoms with Gasteiger partial charge >= 0.3 is 0 Å². The second-order valence-electron chi connectivity index (χ2n) is 9.86. The van der Waals surface area contributed by atoms with Crippen LogP contribution in [0.1, 0.15) is 0 Å². The third-order valence-electron chi connectivity index (χ3n) is 7.32. The largest absolute Gasteiger partial charge is 0.436 e. The van der Waals surface area contributed by atoms with E-state index in [1.807, 2.05) is 78.9 Å². The zero-order valence-corrected chi connectivity index (χ0v) is 21.6. The minimum Gasteiger partial charge on any atom is -0.436 e. The van der Waals surface area contributed by atoms with Crippen LogP contribution in [0.5, 0.6) is 0 Å². The summed E-state index contributed by atoms with van der Waals surface area (Å²) in [5, 5.41) is 1.99. The number of aromatic nitrogens is 1. The molecule has 0 aliphatic carbocycles. The van der Waals surface area contributed by atoms with Gasteiger partial charge in [-0.25, -0.2) is 26.9 Å². The van der Waals surface area contributed by atoms with E-state index in [1.54, 1.807) is 12.1 Å². The van der Waals surface area contributed by atoms with Crippen molar-refractivity contribution in [2.24, 2.45) is 0 Å². The highest BCUT2D eigenvalue weighted by molar-refractivity contribution is 5.91. The lowest BCUT2D eigenvalue weighted by Gasteiger charge is -2.10. The van der Waals surface area contributed by atoms with E-state index in [9.17, 15) is 22.0 Å². The van der Waals surface area contributed by atoms with E-state index in [1.165, 1.54) is 12.1 Å². The van der Waals surface area contributed by atoms with Crippen molar-refractivity contribution in [3.63, 3.8) is 0 Å². The maximum absolute atomic E-state index is 14.3. The van der Waals surface area contributed by atoms with Crippen LogP contribution >= 0.6 is 0 Å². The quantitative estimate of drug-likeness (QED) is 0.121. The Labute approximate surface area is 236 Å². The number of oxazole rings is 1. The summed E-state index contributed by atoms with van der Waals surface area (Å²) < 4.78 is 75.2. The number of halogens is 5. The fourth-order valence-corrected chi connectivity index (χ4v) is 5.09. The normalized spacial score (nSPS) is 11.5.